The second-order valence-electron chi connectivity index (χ2n) is 1.52. The van der Waals surface area contributed by atoms with Crippen molar-refractivity contribution >= 4 is 0 Å². The molecule has 4 heteroatoms. The van der Waals surface area contributed by atoms with Crippen LogP contribution >= 0.6 is 0 Å². The van der Waals surface area contributed by atoms with E-state index in [4.69, 9.17) is 5.11 Å². The van der Waals surface area contributed by atoms with Gasteiger partial charge >= 0.3 is 0 Å². The van der Waals surface area contributed by atoms with Gasteiger partial charge in [-0.3, -0.25) is 10.1 Å². The maximum absolute atomic E-state index is 9.98. The fourth-order valence-electron chi connectivity index (χ4n) is 0.357. The van der Waals surface area contributed by atoms with Gasteiger partial charge in [0.1, 0.15) is 5.76 Å². The number of hydrogen-bond donors (Lipinski definition) is 1. The summed E-state index contributed by atoms with van der Waals surface area (Å²) < 4.78 is 0. The molecule has 0 heterocycles. The lowest BCUT2D eigenvalue weighted by Crippen LogP contribution is -1.94. The predicted octanol–water partition coefficient (Wildman–Crippen LogP) is 1.40. The van der Waals surface area contributed by atoms with Crippen molar-refractivity contribution in [2.75, 3.05) is 0 Å². The van der Waals surface area contributed by atoms with Crippen molar-refractivity contribution in [2.45, 2.75) is 0 Å². The van der Waals surface area contributed by atoms with Crippen molar-refractivity contribution in [3.63, 3.8) is 0 Å². The summed E-state index contributed by atoms with van der Waals surface area (Å²) >= 11 is 0. The van der Waals surface area contributed by atoms with E-state index in [1.807, 2.05) is 0 Å². The van der Waals surface area contributed by atoms with Gasteiger partial charge in [0.2, 0.25) is 0 Å². The lowest BCUT2D eigenvalue weighted by atomic mass is 10.4. The Bertz CT molecular complexity index is 205. The fourth-order valence-corrected chi connectivity index (χ4v) is 0.357. The molecule has 0 aliphatic rings. The van der Waals surface area contributed by atoms with E-state index in [1.54, 1.807) is 0 Å². The van der Waals surface area contributed by atoms with Gasteiger partial charge in [-0.2, -0.15) is 0 Å². The summed E-state index contributed by atoms with van der Waals surface area (Å²) in [5.41, 5.74) is -0.271. The first-order valence-corrected chi connectivity index (χ1v) is 2.44. The minimum Gasteiger partial charge on any atom is -0.508 e. The Labute approximate surface area is 57.9 Å². The van der Waals surface area contributed by atoms with Gasteiger partial charge in [-0.05, 0) is 0 Å². The summed E-state index contributed by atoms with van der Waals surface area (Å²) in [7, 11) is 0. The third-order valence-corrected chi connectivity index (χ3v) is 0.734. The molecule has 0 aromatic rings. The average Bonchev–Trinajstić information content (AvgIpc) is 1.81. The standard InChI is InChI=1S/C6H7NO3/c1-3-6(7(9)10)4-5(2)8/h3-4,8H,1-2H2/b6-4+. The van der Waals surface area contributed by atoms with E-state index in [1.165, 1.54) is 0 Å². The molecule has 0 aliphatic carbocycles. The van der Waals surface area contributed by atoms with Crippen LogP contribution in [0.4, 0.5) is 0 Å². The number of allylic oxidation sites excluding steroid dienone is 2. The number of aliphatic hydroxyl groups excluding tert-OH is 1. The van der Waals surface area contributed by atoms with E-state index in [-0.39, 0.29) is 11.5 Å². The Morgan fingerprint density at radius 3 is 2.30 bits per heavy atom. The molecule has 1 N–H and O–H groups in total. The lowest BCUT2D eigenvalue weighted by molar-refractivity contribution is -0.419. The van der Waals surface area contributed by atoms with E-state index in [0.29, 0.717) is 0 Å². The van der Waals surface area contributed by atoms with E-state index >= 15 is 0 Å². The van der Waals surface area contributed by atoms with E-state index < -0.39 is 4.92 Å². The molecule has 0 saturated carbocycles. The quantitative estimate of drug-likeness (QED) is 0.279. The third-order valence-electron chi connectivity index (χ3n) is 0.734. The van der Waals surface area contributed by atoms with Gasteiger partial charge in [-0.1, -0.05) is 13.2 Å². The van der Waals surface area contributed by atoms with Crippen LogP contribution in [0.3, 0.4) is 0 Å². The summed E-state index contributed by atoms with van der Waals surface area (Å²) in [5.74, 6) is -0.355. The normalized spacial score (nSPS) is 10.6. The monoisotopic (exact) mass is 141 g/mol. The predicted molar refractivity (Wildman–Crippen MR) is 37.0 cm³/mol. The largest absolute Gasteiger partial charge is 0.508 e. The van der Waals surface area contributed by atoms with Gasteiger partial charge in [0.15, 0.2) is 0 Å². The van der Waals surface area contributed by atoms with E-state index in [0.717, 1.165) is 12.2 Å². The number of nitro groups is 1. The Morgan fingerprint density at radius 2 is 2.20 bits per heavy atom. The summed E-state index contributed by atoms with van der Waals surface area (Å²) in [6.07, 6.45) is 1.95. The van der Waals surface area contributed by atoms with Gasteiger partial charge in [0.25, 0.3) is 5.70 Å². The maximum atomic E-state index is 9.98. The van der Waals surface area contributed by atoms with E-state index in [2.05, 4.69) is 13.2 Å². The molecule has 0 aromatic heterocycles. The number of nitrogens with zero attached hydrogens (tertiary/aromatic N) is 1. The Morgan fingerprint density at radius 1 is 1.70 bits per heavy atom. The molecular weight excluding hydrogens is 134 g/mol. The highest BCUT2D eigenvalue weighted by molar-refractivity contribution is 5.17. The highest BCUT2D eigenvalue weighted by Gasteiger charge is 2.03. The van der Waals surface area contributed by atoms with Gasteiger partial charge in [0, 0.05) is 6.08 Å². The first kappa shape index (κ1) is 8.42. The molecule has 0 atom stereocenters. The molecule has 0 saturated heterocycles. The Hall–Kier alpha value is -1.58. The lowest BCUT2D eigenvalue weighted by Gasteiger charge is -1.88. The average molecular weight is 141 g/mol. The number of rotatable bonds is 3. The van der Waals surface area contributed by atoms with E-state index in [9.17, 15) is 10.1 Å². The highest BCUT2D eigenvalue weighted by Crippen LogP contribution is 1.99. The van der Waals surface area contributed by atoms with Crippen LogP contribution < -0.4 is 0 Å². The Balaban J connectivity index is 4.49. The summed E-state index contributed by atoms with van der Waals surface area (Å²) in [4.78, 5) is 9.32. The smallest absolute Gasteiger partial charge is 0.272 e. The first-order chi connectivity index (χ1) is 4.57. The van der Waals surface area contributed by atoms with Crippen LogP contribution in [-0.4, -0.2) is 10.0 Å². The Kier molecular flexibility index (Phi) is 2.90. The molecule has 0 aliphatic heterocycles. The zero-order valence-electron chi connectivity index (χ0n) is 5.28. The molecule has 0 bridgehead atoms. The van der Waals surface area contributed by atoms with Gasteiger partial charge < -0.3 is 5.11 Å². The van der Waals surface area contributed by atoms with Gasteiger partial charge in [0.05, 0.1) is 11.0 Å². The molecule has 54 valence electrons. The molecule has 0 rings (SSSR count). The van der Waals surface area contributed by atoms with Crippen molar-refractivity contribution in [3.05, 3.63) is 46.9 Å². The minimum atomic E-state index is -0.658. The summed E-state index contributed by atoms with van der Waals surface area (Å²) in [6, 6.07) is 0. The van der Waals surface area contributed by atoms with Crippen molar-refractivity contribution in [2.24, 2.45) is 0 Å². The molecule has 0 radical (unpaired) electrons. The number of hydrogen-bond acceptors (Lipinski definition) is 3. The van der Waals surface area contributed by atoms with Crippen LogP contribution in [0.1, 0.15) is 0 Å². The number of aliphatic hydroxyl groups is 1. The first-order valence-electron chi connectivity index (χ1n) is 2.44. The second kappa shape index (κ2) is 3.45. The molecule has 0 amide bonds. The van der Waals surface area contributed by atoms with Crippen molar-refractivity contribution in [1.29, 1.82) is 0 Å². The zero-order chi connectivity index (χ0) is 8.15. The molecule has 0 fully saturated rings. The second-order valence-corrected chi connectivity index (χ2v) is 1.52. The van der Waals surface area contributed by atoms with Crippen molar-refractivity contribution in [3.8, 4) is 0 Å². The molecular formula is C6H7NO3. The third kappa shape index (κ3) is 2.66. The van der Waals surface area contributed by atoms with Crippen LogP contribution in [0.2, 0.25) is 0 Å². The van der Waals surface area contributed by atoms with Gasteiger partial charge in [-0.25, -0.2) is 0 Å². The van der Waals surface area contributed by atoms with Crippen molar-refractivity contribution in [1.82, 2.24) is 0 Å². The van der Waals surface area contributed by atoms with Crippen molar-refractivity contribution < 1.29 is 10.0 Å². The van der Waals surface area contributed by atoms with Crippen LogP contribution in [0.5, 0.6) is 0 Å². The van der Waals surface area contributed by atoms with Crippen LogP contribution in [0.15, 0.2) is 36.8 Å². The SMILES string of the molecule is C=C/C(=C\C(=C)O)[N+](=O)[O-]. The fraction of sp³-hybridized carbons (Fsp3) is 0. The maximum Gasteiger partial charge on any atom is 0.272 e. The molecule has 0 spiro atoms. The summed E-state index contributed by atoms with van der Waals surface area (Å²) in [6.45, 7) is 6.23. The van der Waals surface area contributed by atoms with Crippen LogP contribution in [0.25, 0.3) is 0 Å². The highest BCUT2D eigenvalue weighted by atomic mass is 16.6. The van der Waals surface area contributed by atoms with Crippen LogP contribution in [0, 0.1) is 10.1 Å². The molecule has 10 heavy (non-hydrogen) atoms. The molecule has 0 aromatic carbocycles. The van der Waals surface area contributed by atoms with Crippen LogP contribution in [-0.2, 0) is 0 Å². The minimum absolute atomic E-state index is 0.271. The topological polar surface area (TPSA) is 63.4 Å². The van der Waals surface area contributed by atoms with Gasteiger partial charge in [-0.15, -0.1) is 0 Å². The summed E-state index contributed by atoms with van der Waals surface area (Å²) in [5, 5.41) is 18.5. The zero-order valence-corrected chi connectivity index (χ0v) is 5.28. The molecule has 4 nitrogen and oxygen atoms in total. The molecule has 0 unspecified atom stereocenters.